The largest absolute Gasteiger partial charge is 0.468 e. The van der Waals surface area contributed by atoms with E-state index in [1.54, 1.807) is 6.92 Å². The van der Waals surface area contributed by atoms with Crippen LogP contribution in [0.25, 0.3) is 4.96 Å². The molecule has 0 aromatic carbocycles. The lowest BCUT2D eigenvalue weighted by atomic mass is 10.4. The highest BCUT2D eigenvalue weighted by Crippen LogP contribution is 2.14. The number of methoxy groups -OCH3 is 1. The molecule has 0 saturated heterocycles. The van der Waals surface area contributed by atoms with Gasteiger partial charge in [0.25, 0.3) is 5.56 Å². The highest BCUT2D eigenvalue weighted by Gasteiger charge is 2.14. The number of carbonyl (C=O) groups is 1. The summed E-state index contributed by atoms with van der Waals surface area (Å²) >= 11 is 1.36. The molecule has 0 fully saturated rings. The fourth-order valence-electron chi connectivity index (χ4n) is 1.99. The molecule has 2 rings (SSSR count). The first-order valence-electron chi connectivity index (χ1n) is 6.69. The molecule has 0 spiro atoms. The lowest BCUT2D eigenvalue weighted by Crippen LogP contribution is -2.31. The molecule has 0 saturated carbocycles. The Labute approximate surface area is 126 Å². The third-order valence-electron chi connectivity index (χ3n) is 2.89. The third kappa shape index (κ3) is 3.85. The second-order valence-electron chi connectivity index (χ2n) is 4.71. The smallest absolute Gasteiger partial charge is 0.319 e. The van der Waals surface area contributed by atoms with Gasteiger partial charge in [0.05, 0.1) is 20.2 Å². The molecule has 7 nitrogen and oxygen atoms in total. The number of esters is 1. The van der Waals surface area contributed by atoms with Crippen LogP contribution >= 0.6 is 11.3 Å². The van der Waals surface area contributed by atoms with Gasteiger partial charge in [0.2, 0.25) is 4.96 Å². The zero-order valence-corrected chi connectivity index (χ0v) is 13.1. The summed E-state index contributed by atoms with van der Waals surface area (Å²) in [5, 5.41) is 5.03. The average molecular weight is 310 g/mol. The van der Waals surface area contributed by atoms with Crippen molar-refractivity contribution in [2.45, 2.75) is 26.8 Å². The highest BCUT2D eigenvalue weighted by atomic mass is 32.1. The summed E-state index contributed by atoms with van der Waals surface area (Å²) in [7, 11) is 1.37. The SMILES string of the molecule is CCCN(CC(=O)OC)Cc1nn2c(=O)cc(C)nc2s1. The fourth-order valence-corrected chi connectivity index (χ4v) is 2.98. The van der Waals surface area contributed by atoms with Gasteiger partial charge in [-0.05, 0) is 19.9 Å². The first-order chi connectivity index (χ1) is 10.0. The van der Waals surface area contributed by atoms with E-state index in [1.807, 2.05) is 11.8 Å². The van der Waals surface area contributed by atoms with Gasteiger partial charge in [-0.25, -0.2) is 4.98 Å². The number of fused-ring (bicyclic) bond motifs is 1. The maximum atomic E-state index is 11.8. The Hall–Kier alpha value is -1.80. The molecule has 114 valence electrons. The first kappa shape index (κ1) is 15.6. The molecule has 0 unspecified atom stereocenters. The molecule has 0 bridgehead atoms. The molecule has 0 amide bonds. The van der Waals surface area contributed by atoms with E-state index in [9.17, 15) is 9.59 Å². The summed E-state index contributed by atoms with van der Waals surface area (Å²) in [5.74, 6) is -0.282. The zero-order valence-electron chi connectivity index (χ0n) is 12.3. The Morgan fingerprint density at radius 3 is 2.95 bits per heavy atom. The van der Waals surface area contributed by atoms with Crippen LogP contribution in [-0.2, 0) is 16.1 Å². The number of hydrogen-bond donors (Lipinski definition) is 0. The highest BCUT2D eigenvalue weighted by molar-refractivity contribution is 7.16. The molecule has 0 atom stereocenters. The van der Waals surface area contributed by atoms with E-state index in [0.29, 0.717) is 17.2 Å². The lowest BCUT2D eigenvalue weighted by molar-refractivity contribution is -0.142. The molecular formula is C13H18N4O3S. The van der Waals surface area contributed by atoms with Gasteiger partial charge in [-0.3, -0.25) is 14.5 Å². The third-order valence-corrected chi connectivity index (χ3v) is 3.79. The van der Waals surface area contributed by atoms with E-state index >= 15 is 0 Å². The van der Waals surface area contributed by atoms with Gasteiger partial charge in [-0.2, -0.15) is 9.61 Å². The summed E-state index contributed by atoms with van der Waals surface area (Å²) in [4.78, 5) is 30.1. The van der Waals surface area contributed by atoms with E-state index < -0.39 is 0 Å². The molecule has 0 aliphatic carbocycles. The molecule has 0 aliphatic heterocycles. The molecule has 21 heavy (non-hydrogen) atoms. The second kappa shape index (κ2) is 6.77. The molecule has 2 aromatic heterocycles. The van der Waals surface area contributed by atoms with E-state index in [0.717, 1.165) is 18.0 Å². The van der Waals surface area contributed by atoms with Crippen LogP contribution in [0.1, 0.15) is 24.0 Å². The number of nitrogens with zero attached hydrogens (tertiary/aromatic N) is 4. The maximum absolute atomic E-state index is 11.8. The number of hydrogen-bond acceptors (Lipinski definition) is 7. The monoisotopic (exact) mass is 310 g/mol. The van der Waals surface area contributed by atoms with Crippen LogP contribution in [0.3, 0.4) is 0 Å². The van der Waals surface area contributed by atoms with Gasteiger partial charge in [0.15, 0.2) is 0 Å². The Morgan fingerprint density at radius 2 is 2.29 bits per heavy atom. The summed E-state index contributed by atoms with van der Waals surface area (Å²) in [6, 6.07) is 1.45. The molecule has 0 N–H and O–H groups in total. The topological polar surface area (TPSA) is 76.8 Å². The minimum Gasteiger partial charge on any atom is -0.468 e. The predicted octanol–water partition coefficient (Wildman–Crippen LogP) is 0.844. The maximum Gasteiger partial charge on any atom is 0.319 e. The van der Waals surface area contributed by atoms with Crippen molar-refractivity contribution in [3.8, 4) is 0 Å². The van der Waals surface area contributed by atoms with Crippen LogP contribution in [0, 0.1) is 6.92 Å². The fraction of sp³-hybridized carbons (Fsp3) is 0.538. The Kier molecular flexibility index (Phi) is 5.03. The van der Waals surface area contributed by atoms with Crippen molar-refractivity contribution in [1.29, 1.82) is 0 Å². The number of aromatic nitrogens is 3. The minimum atomic E-state index is -0.282. The van der Waals surface area contributed by atoms with Gasteiger partial charge < -0.3 is 4.74 Å². The number of rotatable bonds is 6. The van der Waals surface area contributed by atoms with Crippen LogP contribution in [0.4, 0.5) is 0 Å². The van der Waals surface area contributed by atoms with Crippen molar-refractivity contribution in [1.82, 2.24) is 19.5 Å². The number of aryl methyl sites for hydroxylation is 1. The normalized spacial score (nSPS) is 11.2. The van der Waals surface area contributed by atoms with E-state index in [1.165, 1.54) is 29.0 Å². The van der Waals surface area contributed by atoms with Gasteiger partial charge in [0, 0.05) is 11.8 Å². The van der Waals surface area contributed by atoms with Gasteiger partial charge in [-0.1, -0.05) is 18.3 Å². The number of ether oxygens (including phenoxy) is 1. The molecule has 0 aliphatic rings. The number of carbonyl (C=O) groups excluding carboxylic acids is 1. The van der Waals surface area contributed by atoms with Crippen molar-refractivity contribution < 1.29 is 9.53 Å². The standard InChI is InChI=1S/C13H18N4O3S/c1-4-5-16(8-12(19)20-3)7-10-15-17-11(18)6-9(2)14-13(17)21-10/h6H,4-5,7-8H2,1-3H3. The molecule has 8 heteroatoms. The lowest BCUT2D eigenvalue weighted by Gasteiger charge is -2.18. The Morgan fingerprint density at radius 1 is 1.52 bits per heavy atom. The predicted molar refractivity (Wildman–Crippen MR) is 79.5 cm³/mol. The second-order valence-corrected chi connectivity index (χ2v) is 5.75. The van der Waals surface area contributed by atoms with Crippen LogP contribution in [0.5, 0.6) is 0 Å². The Bertz CT molecular complexity index is 694. The van der Waals surface area contributed by atoms with E-state index in [2.05, 4.69) is 10.1 Å². The van der Waals surface area contributed by atoms with Crippen molar-refractivity contribution in [3.63, 3.8) is 0 Å². The van der Waals surface area contributed by atoms with Crippen molar-refractivity contribution in [2.75, 3.05) is 20.2 Å². The summed E-state index contributed by atoms with van der Waals surface area (Å²) in [5.41, 5.74) is 0.491. The van der Waals surface area contributed by atoms with Crippen molar-refractivity contribution in [2.24, 2.45) is 0 Å². The van der Waals surface area contributed by atoms with Gasteiger partial charge in [-0.15, -0.1) is 0 Å². The van der Waals surface area contributed by atoms with Crippen LogP contribution in [0.2, 0.25) is 0 Å². The van der Waals surface area contributed by atoms with Crippen LogP contribution in [-0.4, -0.2) is 45.7 Å². The molecule has 2 heterocycles. The molecule has 0 radical (unpaired) electrons. The van der Waals surface area contributed by atoms with Gasteiger partial charge in [0.1, 0.15) is 5.01 Å². The van der Waals surface area contributed by atoms with E-state index in [4.69, 9.17) is 4.74 Å². The van der Waals surface area contributed by atoms with Crippen LogP contribution in [0.15, 0.2) is 10.9 Å². The Balaban J connectivity index is 2.22. The summed E-state index contributed by atoms with van der Waals surface area (Å²) < 4.78 is 5.99. The van der Waals surface area contributed by atoms with E-state index in [-0.39, 0.29) is 18.1 Å². The zero-order chi connectivity index (χ0) is 15.4. The van der Waals surface area contributed by atoms with Crippen molar-refractivity contribution >= 4 is 22.3 Å². The average Bonchev–Trinajstić information content (AvgIpc) is 2.81. The first-order valence-corrected chi connectivity index (χ1v) is 7.50. The molecule has 2 aromatic rings. The summed E-state index contributed by atoms with van der Waals surface area (Å²) in [6.45, 7) is 5.28. The van der Waals surface area contributed by atoms with Crippen LogP contribution < -0.4 is 5.56 Å². The summed E-state index contributed by atoms with van der Waals surface area (Å²) in [6.07, 6.45) is 0.916. The quantitative estimate of drug-likeness (QED) is 0.736. The molecular weight excluding hydrogens is 292 g/mol. The minimum absolute atomic E-state index is 0.185. The van der Waals surface area contributed by atoms with Gasteiger partial charge >= 0.3 is 5.97 Å². The van der Waals surface area contributed by atoms with Crippen molar-refractivity contribution in [3.05, 3.63) is 27.1 Å².